The molecule has 0 bridgehead atoms. The molecule has 0 aromatic carbocycles. The Balaban J connectivity index is 2.31. The lowest BCUT2D eigenvalue weighted by Crippen LogP contribution is -2.26. The third-order valence-corrected chi connectivity index (χ3v) is 3.11. The van der Waals surface area contributed by atoms with Gasteiger partial charge in [0, 0.05) is 12.0 Å². The molecule has 88 valence electrons. The van der Waals surface area contributed by atoms with Crippen molar-refractivity contribution in [1.29, 1.82) is 0 Å². The van der Waals surface area contributed by atoms with Gasteiger partial charge in [-0.1, -0.05) is 6.58 Å². The first-order valence-corrected chi connectivity index (χ1v) is 6.74. The molecule has 0 aliphatic rings. The maximum atomic E-state index is 11.0. The predicted octanol–water partition coefficient (Wildman–Crippen LogP) is 1.29. The molecular weight excluding hydrogens is 296 g/mol. The van der Waals surface area contributed by atoms with E-state index in [4.69, 9.17) is 4.74 Å². The Labute approximate surface area is 103 Å². The van der Waals surface area contributed by atoms with E-state index in [2.05, 4.69) is 32.2 Å². The van der Waals surface area contributed by atoms with E-state index in [1.165, 1.54) is 0 Å². The van der Waals surface area contributed by atoms with Crippen LogP contribution in [0.25, 0.3) is 0 Å². The highest BCUT2D eigenvalue weighted by Crippen LogP contribution is 2.12. The number of halogens is 1. The van der Waals surface area contributed by atoms with E-state index in [9.17, 15) is 8.42 Å². The summed E-state index contributed by atoms with van der Waals surface area (Å²) in [7, 11) is -3.37. The Morgan fingerprint density at radius 3 is 2.88 bits per heavy atom. The van der Waals surface area contributed by atoms with Gasteiger partial charge in [-0.3, -0.25) is 0 Å². The summed E-state index contributed by atoms with van der Waals surface area (Å²) in [6, 6.07) is 3.47. The molecular formula is C9H11BrN2O3S. The highest BCUT2D eigenvalue weighted by atomic mass is 79.9. The summed E-state index contributed by atoms with van der Waals surface area (Å²) in [4.78, 5) is 3.96. The number of aromatic nitrogens is 1. The summed E-state index contributed by atoms with van der Waals surface area (Å²) in [5, 5.41) is 0.855. The Morgan fingerprint density at radius 2 is 2.31 bits per heavy atom. The van der Waals surface area contributed by atoms with E-state index in [0.29, 0.717) is 10.4 Å². The molecule has 0 radical (unpaired) electrons. The number of hydrogen-bond acceptors (Lipinski definition) is 4. The van der Waals surface area contributed by atoms with Gasteiger partial charge in [0.1, 0.15) is 17.0 Å². The zero-order chi connectivity index (χ0) is 12.0. The molecule has 0 aliphatic heterocycles. The number of ether oxygens (including phenoxy) is 1. The largest absolute Gasteiger partial charge is 0.491 e. The van der Waals surface area contributed by atoms with E-state index in [1.54, 1.807) is 18.3 Å². The van der Waals surface area contributed by atoms with E-state index in [-0.39, 0.29) is 13.2 Å². The Bertz CT molecular complexity index is 444. The lowest BCUT2D eigenvalue weighted by Gasteiger charge is -2.05. The summed E-state index contributed by atoms with van der Waals surface area (Å²) < 4.78 is 30.2. The number of hydrogen-bond donors (Lipinski definition) is 1. The summed E-state index contributed by atoms with van der Waals surface area (Å²) in [5.74, 6) is 0.584. The average molecular weight is 307 g/mol. The van der Waals surface area contributed by atoms with Gasteiger partial charge in [0.05, 0.1) is 6.20 Å². The summed E-state index contributed by atoms with van der Waals surface area (Å²) >= 11 is 3.19. The van der Waals surface area contributed by atoms with Crippen LogP contribution in [0.1, 0.15) is 0 Å². The van der Waals surface area contributed by atoms with Gasteiger partial charge in [-0.05, 0) is 28.1 Å². The minimum atomic E-state index is -3.37. The summed E-state index contributed by atoms with van der Waals surface area (Å²) in [6.45, 7) is 3.59. The maximum Gasteiger partial charge on any atom is 0.233 e. The molecule has 0 amide bonds. The summed E-state index contributed by atoms with van der Waals surface area (Å²) in [6.07, 6.45) is 1.55. The van der Waals surface area contributed by atoms with Crippen molar-refractivity contribution in [2.45, 2.75) is 0 Å². The van der Waals surface area contributed by atoms with Crippen LogP contribution in [0.2, 0.25) is 0 Å². The van der Waals surface area contributed by atoms with Crippen LogP contribution in [0.4, 0.5) is 0 Å². The molecule has 5 nitrogen and oxygen atoms in total. The standard InChI is InChI=1S/C9H11BrN2O3S/c1-2-16(13,14)12-5-6-15-8-3-4-9(10)11-7-8/h2-4,7,12H,1,5-6H2. The van der Waals surface area contributed by atoms with Crippen LogP contribution < -0.4 is 9.46 Å². The first-order chi connectivity index (χ1) is 7.53. The van der Waals surface area contributed by atoms with E-state index in [1.807, 2.05) is 0 Å². The molecule has 0 saturated heterocycles. The van der Waals surface area contributed by atoms with E-state index < -0.39 is 10.0 Å². The zero-order valence-electron chi connectivity index (χ0n) is 8.39. The SMILES string of the molecule is C=CS(=O)(=O)NCCOc1ccc(Br)nc1. The van der Waals surface area contributed by atoms with Crippen LogP contribution in [0, 0.1) is 0 Å². The molecule has 1 aromatic heterocycles. The molecule has 16 heavy (non-hydrogen) atoms. The molecule has 0 atom stereocenters. The highest BCUT2D eigenvalue weighted by molar-refractivity contribution is 9.10. The molecule has 0 unspecified atom stereocenters. The third-order valence-electron chi connectivity index (χ3n) is 1.59. The van der Waals surface area contributed by atoms with Crippen molar-refractivity contribution in [3.05, 3.63) is 34.9 Å². The van der Waals surface area contributed by atoms with Gasteiger partial charge < -0.3 is 4.74 Å². The monoisotopic (exact) mass is 306 g/mol. The molecule has 0 fully saturated rings. The Kier molecular flexibility index (Phi) is 4.91. The van der Waals surface area contributed by atoms with Crippen LogP contribution in [-0.4, -0.2) is 26.6 Å². The van der Waals surface area contributed by atoms with Gasteiger partial charge in [-0.25, -0.2) is 18.1 Å². The first kappa shape index (κ1) is 13.1. The molecule has 7 heteroatoms. The van der Waals surface area contributed by atoms with Gasteiger partial charge in [0.25, 0.3) is 0 Å². The fourth-order valence-electron chi connectivity index (χ4n) is 0.859. The molecule has 1 N–H and O–H groups in total. The Hall–Kier alpha value is -0.920. The van der Waals surface area contributed by atoms with Crippen molar-refractivity contribution < 1.29 is 13.2 Å². The van der Waals surface area contributed by atoms with Crippen molar-refractivity contribution in [1.82, 2.24) is 9.71 Å². The number of nitrogens with zero attached hydrogens (tertiary/aromatic N) is 1. The molecule has 1 heterocycles. The second-order valence-electron chi connectivity index (χ2n) is 2.77. The van der Waals surface area contributed by atoms with Crippen molar-refractivity contribution in [2.75, 3.05) is 13.2 Å². The molecule has 0 aliphatic carbocycles. The summed E-state index contributed by atoms with van der Waals surface area (Å²) in [5.41, 5.74) is 0. The molecule has 1 rings (SSSR count). The quantitative estimate of drug-likeness (QED) is 0.635. The van der Waals surface area contributed by atoms with Crippen LogP contribution in [0.3, 0.4) is 0 Å². The van der Waals surface area contributed by atoms with Crippen molar-refractivity contribution >= 4 is 26.0 Å². The van der Waals surface area contributed by atoms with Crippen molar-refractivity contribution in [3.8, 4) is 5.75 Å². The van der Waals surface area contributed by atoms with Crippen molar-refractivity contribution in [2.24, 2.45) is 0 Å². The fourth-order valence-corrected chi connectivity index (χ4v) is 1.58. The zero-order valence-corrected chi connectivity index (χ0v) is 10.8. The second kappa shape index (κ2) is 5.97. The maximum absolute atomic E-state index is 11.0. The van der Waals surface area contributed by atoms with Crippen LogP contribution in [0.5, 0.6) is 5.75 Å². The highest BCUT2D eigenvalue weighted by Gasteiger charge is 2.02. The molecule has 0 saturated carbocycles. The fraction of sp³-hybridized carbons (Fsp3) is 0.222. The molecule has 0 spiro atoms. The van der Waals surface area contributed by atoms with Gasteiger partial charge in [0.2, 0.25) is 10.0 Å². The van der Waals surface area contributed by atoms with Crippen LogP contribution in [0.15, 0.2) is 34.9 Å². The minimum absolute atomic E-state index is 0.185. The normalized spacial score (nSPS) is 11.1. The van der Waals surface area contributed by atoms with Gasteiger partial charge in [-0.2, -0.15) is 0 Å². The first-order valence-electron chi connectivity index (χ1n) is 4.40. The topological polar surface area (TPSA) is 68.3 Å². The van der Waals surface area contributed by atoms with Crippen molar-refractivity contribution in [3.63, 3.8) is 0 Å². The number of rotatable bonds is 6. The predicted molar refractivity (Wildman–Crippen MR) is 64.6 cm³/mol. The second-order valence-corrected chi connectivity index (χ2v) is 5.30. The van der Waals surface area contributed by atoms with Crippen LogP contribution in [-0.2, 0) is 10.0 Å². The van der Waals surface area contributed by atoms with Gasteiger partial charge in [-0.15, -0.1) is 0 Å². The third kappa shape index (κ3) is 4.73. The van der Waals surface area contributed by atoms with E-state index in [0.717, 1.165) is 5.41 Å². The number of pyridine rings is 1. The average Bonchev–Trinajstić information content (AvgIpc) is 2.27. The smallest absolute Gasteiger partial charge is 0.233 e. The van der Waals surface area contributed by atoms with Crippen LogP contribution >= 0.6 is 15.9 Å². The van der Waals surface area contributed by atoms with Gasteiger partial charge in [0.15, 0.2) is 0 Å². The molecule has 1 aromatic rings. The number of nitrogens with one attached hydrogen (secondary N) is 1. The van der Waals surface area contributed by atoms with Gasteiger partial charge >= 0.3 is 0 Å². The minimum Gasteiger partial charge on any atom is -0.491 e. The Morgan fingerprint density at radius 1 is 1.56 bits per heavy atom. The number of sulfonamides is 1. The lowest BCUT2D eigenvalue weighted by atomic mass is 10.5. The lowest BCUT2D eigenvalue weighted by molar-refractivity contribution is 0.321. The van der Waals surface area contributed by atoms with E-state index >= 15 is 0 Å².